The Morgan fingerprint density at radius 3 is 2.79 bits per heavy atom. The van der Waals surface area contributed by atoms with Crippen molar-refractivity contribution in [2.75, 3.05) is 40.3 Å². The molecule has 2 N–H and O–H groups in total. The first kappa shape index (κ1) is 14.6. The number of carbonyl (C=O) groups excluding carboxylic acids is 1. The van der Waals surface area contributed by atoms with Gasteiger partial charge in [0.25, 0.3) is 0 Å². The highest BCUT2D eigenvalue weighted by Crippen LogP contribution is 2.26. The fourth-order valence-electron chi connectivity index (χ4n) is 3.41. The molecule has 2 heterocycles. The van der Waals surface area contributed by atoms with Crippen LogP contribution in [0.5, 0.6) is 0 Å². The van der Waals surface area contributed by atoms with Crippen molar-refractivity contribution in [1.82, 2.24) is 20.4 Å². The molecule has 2 saturated heterocycles. The molecule has 2 fully saturated rings. The highest BCUT2D eigenvalue weighted by atomic mass is 16.2. The number of nitrogens with zero attached hydrogens (tertiary/aromatic N) is 2. The lowest BCUT2D eigenvalue weighted by Gasteiger charge is -2.36. The molecular weight excluding hydrogens is 240 g/mol. The molecule has 2 atom stereocenters. The Labute approximate surface area is 116 Å². The third-order valence-corrected chi connectivity index (χ3v) is 4.50. The van der Waals surface area contributed by atoms with E-state index in [0.717, 1.165) is 19.6 Å². The molecule has 0 saturated carbocycles. The van der Waals surface area contributed by atoms with Gasteiger partial charge in [-0.2, -0.15) is 0 Å². The van der Waals surface area contributed by atoms with E-state index in [4.69, 9.17) is 0 Å². The first-order valence-electron chi connectivity index (χ1n) is 7.35. The van der Waals surface area contributed by atoms with E-state index in [9.17, 15) is 4.79 Å². The Balaban J connectivity index is 1.98. The summed E-state index contributed by atoms with van der Waals surface area (Å²) in [5.41, 5.74) is -0.131. The van der Waals surface area contributed by atoms with E-state index in [2.05, 4.69) is 36.4 Å². The largest absolute Gasteiger partial charge is 0.333 e. The van der Waals surface area contributed by atoms with Gasteiger partial charge < -0.3 is 20.4 Å². The molecule has 0 aromatic heterocycles. The zero-order valence-electron chi connectivity index (χ0n) is 12.7. The molecule has 0 radical (unpaired) electrons. The van der Waals surface area contributed by atoms with Crippen LogP contribution in [0.1, 0.15) is 26.7 Å². The Morgan fingerprint density at radius 2 is 2.16 bits per heavy atom. The first-order valence-corrected chi connectivity index (χ1v) is 7.35. The van der Waals surface area contributed by atoms with E-state index < -0.39 is 0 Å². The summed E-state index contributed by atoms with van der Waals surface area (Å²) in [5.74, 6) is 0.595. The molecule has 5 nitrogen and oxygen atoms in total. The molecule has 0 aliphatic carbocycles. The SMILES string of the molecule is CNCC(C)(C)N1CC(C2CCCN(C)C2)NC1=O. The van der Waals surface area contributed by atoms with Gasteiger partial charge in [0.15, 0.2) is 0 Å². The molecule has 0 aromatic rings. The third-order valence-electron chi connectivity index (χ3n) is 4.50. The molecule has 19 heavy (non-hydrogen) atoms. The smallest absolute Gasteiger partial charge is 0.318 e. The van der Waals surface area contributed by atoms with Gasteiger partial charge in [0.2, 0.25) is 0 Å². The van der Waals surface area contributed by atoms with Gasteiger partial charge in [0.1, 0.15) is 0 Å². The number of piperidine rings is 1. The topological polar surface area (TPSA) is 47.6 Å². The molecule has 0 spiro atoms. The van der Waals surface area contributed by atoms with Crippen molar-refractivity contribution >= 4 is 6.03 Å². The Morgan fingerprint density at radius 1 is 1.42 bits per heavy atom. The van der Waals surface area contributed by atoms with Crippen molar-refractivity contribution in [3.63, 3.8) is 0 Å². The number of likely N-dealkylation sites (N-methyl/N-ethyl adjacent to an activating group) is 1. The van der Waals surface area contributed by atoms with E-state index in [0.29, 0.717) is 12.0 Å². The van der Waals surface area contributed by atoms with Crippen LogP contribution >= 0.6 is 0 Å². The minimum atomic E-state index is -0.131. The van der Waals surface area contributed by atoms with Gasteiger partial charge in [-0.05, 0) is 53.2 Å². The van der Waals surface area contributed by atoms with Gasteiger partial charge in [0, 0.05) is 19.6 Å². The second-order valence-corrected chi connectivity index (χ2v) is 6.67. The monoisotopic (exact) mass is 268 g/mol. The van der Waals surface area contributed by atoms with E-state index >= 15 is 0 Å². The van der Waals surface area contributed by atoms with Crippen molar-refractivity contribution in [2.45, 2.75) is 38.3 Å². The number of hydrogen-bond donors (Lipinski definition) is 2. The number of hydrogen-bond acceptors (Lipinski definition) is 3. The summed E-state index contributed by atoms with van der Waals surface area (Å²) in [6, 6.07) is 0.407. The van der Waals surface area contributed by atoms with E-state index in [1.165, 1.54) is 19.4 Å². The zero-order chi connectivity index (χ0) is 14.0. The highest BCUT2D eigenvalue weighted by Gasteiger charge is 2.41. The lowest BCUT2D eigenvalue weighted by molar-refractivity contribution is 0.146. The van der Waals surface area contributed by atoms with E-state index in [1.807, 2.05) is 11.9 Å². The molecule has 2 rings (SSSR count). The average Bonchev–Trinajstić information content (AvgIpc) is 2.72. The summed E-state index contributed by atoms with van der Waals surface area (Å²) in [7, 11) is 4.11. The van der Waals surface area contributed by atoms with Crippen LogP contribution in [-0.4, -0.2) is 67.7 Å². The van der Waals surface area contributed by atoms with Gasteiger partial charge in [-0.15, -0.1) is 0 Å². The maximum atomic E-state index is 12.2. The van der Waals surface area contributed by atoms with Gasteiger partial charge in [0.05, 0.1) is 11.6 Å². The van der Waals surface area contributed by atoms with Crippen molar-refractivity contribution < 1.29 is 4.79 Å². The summed E-state index contributed by atoms with van der Waals surface area (Å²) >= 11 is 0. The molecule has 2 aliphatic rings. The van der Waals surface area contributed by atoms with Crippen LogP contribution in [0.25, 0.3) is 0 Å². The number of nitrogens with one attached hydrogen (secondary N) is 2. The zero-order valence-corrected chi connectivity index (χ0v) is 12.7. The van der Waals surface area contributed by atoms with Crippen LogP contribution in [0.4, 0.5) is 4.79 Å². The molecule has 110 valence electrons. The molecule has 0 bridgehead atoms. The predicted octanol–water partition coefficient (Wildman–Crippen LogP) is 0.720. The predicted molar refractivity (Wildman–Crippen MR) is 77.3 cm³/mol. The van der Waals surface area contributed by atoms with Crippen molar-refractivity contribution in [3.05, 3.63) is 0 Å². The van der Waals surface area contributed by atoms with E-state index in [1.54, 1.807) is 0 Å². The Hall–Kier alpha value is -0.810. The molecular formula is C14H28N4O. The summed E-state index contributed by atoms with van der Waals surface area (Å²) in [5, 5.41) is 6.37. The normalized spacial score (nSPS) is 29.7. The summed E-state index contributed by atoms with van der Waals surface area (Å²) in [6.45, 7) is 8.19. The van der Waals surface area contributed by atoms with Gasteiger partial charge in [-0.25, -0.2) is 4.79 Å². The fourth-order valence-corrected chi connectivity index (χ4v) is 3.41. The first-order chi connectivity index (χ1) is 8.94. The second-order valence-electron chi connectivity index (χ2n) is 6.67. The number of likely N-dealkylation sites (tertiary alicyclic amines) is 1. The summed E-state index contributed by atoms with van der Waals surface area (Å²) in [6.07, 6.45) is 2.48. The lowest BCUT2D eigenvalue weighted by atomic mass is 9.90. The van der Waals surface area contributed by atoms with Crippen LogP contribution in [0.15, 0.2) is 0 Å². The molecule has 5 heteroatoms. The minimum Gasteiger partial charge on any atom is -0.333 e. The number of amides is 2. The van der Waals surface area contributed by atoms with Crippen molar-refractivity contribution in [2.24, 2.45) is 5.92 Å². The number of rotatable bonds is 4. The van der Waals surface area contributed by atoms with Crippen LogP contribution in [0.2, 0.25) is 0 Å². The lowest BCUT2D eigenvalue weighted by Crippen LogP contribution is -2.51. The van der Waals surface area contributed by atoms with Crippen LogP contribution in [0, 0.1) is 5.92 Å². The van der Waals surface area contributed by atoms with E-state index in [-0.39, 0.29) is 11.6 Å². The Kier molecular flexibility index (Phi) is 4.36. The van der Waals surface area contributed by atoms with Crippen LogP contribution in [-0.2, 0) is 0 Å². The maximum absolute atomic E-state index is 12.2. The molecule has 2 amide bonds. The highest BCUT2D eigenvalue weighted by molar-refractivity contribution is 5.77. The minimum absolute atomic E-state index is 0.0958. The quantitative estimate of drug-likeness (QED) is 0.790. The maximum Gasteiger partial charge on any atom is 0.318 e. The van der Waals surface area contributed by atoms with Crippen molar-refractivity contribution in [3.8, 4) is 0 Å². The Bertz CT molecular complexity index is 331. The molecule has 0 aromatic carbocycles. The second kappa shape index (κ2) is 5.67. The van der Waals surface area contributed by atoms with Gasteiger partial charge in [-0.1, -0.05) is 0 Å². The van der Waals surface area contributed by atoms with Crippen LogP contribution in [0.3, 0.4) is 0 Å². The fraction of sp³-hybridized carbons (Fsp3) is 0.929. The summed E-state index contributed by atoms with van der Waals surface area (Å²) in [4.78, 5) is 16.6. The standard InChI is InChI=1S/C14H28N4O/c1-14(2,10-15-3)18-9-12(16-13(18)19)11-6-5-7-17(4)8-11/h11-12,15H,5-10H2,1-4H3,(H,16,19). The third kappa shape index (κ3) is 3.20. The molecule has 2 unspecified atom stereocenters. The van der Waals surface area contributed by atoms with Crippen LogP contribution < -0.4 is 10.6 Å². The average molecular weight is 268 g/mol. The molecule has 2 aliphatic heterocycles. The summed E-state index contributed by atoms with van der Waals surface area (Å²) < 4.78 is 0. The van der Waals surface area contributed by atoms with Gasteiger partial charge in [-0.3, -0.25) is 0 Å². The number of urea groups is 1. The van der Waals surface area contributed by atoms with Gasteiger partial charge >= 0.3 is 6.03 Å². The number of carbonyl (C=O) groups is 1. The van der Waals surface area contributed by atoms with Crippen molar-refractivity contribution in [1.29, 1.82) is 0 Å².